The van der Waals surface area contributed by atoms with Gasteiger partial charge in [0.05, 0.1) is 12.1 Å². The van der Waals surface area contributed by atoms with Crippen LogP contribution in [0, 0.1) is 5.82 Å². The molecule has 23 heavy (non-hydrogen) atoms. The summed E-state index contributed by atoms with van der Waals surface area (Å²) < 4.78 is 14.8. The zero-order chi connectivity index (χ0) is 16.2. The van der Waals surface area contributed by atoms with Crippen molar-refractivity contribution in [3.8, 4) is 0 Å². The van der Waals surface area contributed by atoms with Gasteiger partial charge >= 0.3 is 0 Å². The molecule has 3 aromatic rings. The van der Waals surface area contributed by atoms with Crippen LogP contribution in [0.3, 0.4) is 0 Å². The van der Waals surface area contributed by atoms with Crippen molar-refractivity contribution >= 4 is 5.78 Å². The fraction of sp³-hybridized carbons (Fsp3) is 0.167. The van der Waals surface area contributed by atoms with Crippen LogP contribution in [0.5, 0.6) is 0 Å². The van der Waals surface area contributed by atoms with Gasteiger partial charge in [-0.1, -0.05) is 18.2 Å². The Kier molecular flexibility index (Phi) is 4.28. The molecular formula is C18H16FN3O. The number of hydrogen-bond donors (Lipinski definition) is 0. The van der Waals surface area contributed by atoms with E-state index in [0.29, 0.717) is 12.1 Å². The van der Waals surface area contributed by atoms with Gasteiger partial charge in [-0.15, -0.1) is 0 Å². The fourth-order valence-corrected chi connectivity index (χ4v) is 2.39. The van der Waals surface area contributed by atoms with Crippen molar-refractivity contribution in [1.29, 1.82) is 0 Å². The lowest BCUT2D eigenvalue weighted by molar-refractivity contribution is 0.0987. The number of carbonyl (C=O) groups is 1. The third-order valence-corrected chi connectivity index (χ3v) is 3.52. The third-order valence-electron chi connectivity index (χ3n) is 3.52. The van der Waals surface area contributed by atoms with E-state index in [1.54, 1.807) is 29.2 Å². The Bertz CT molecular complexity index is 824. The molecule has 0 saturated heterocycles. The molecule has 3 rings (SSSR count). The second kappa shape index (κ2) is 6.52. The molecule has 0 amide bonds. The average molecular weight is 309 g/mol. The number of Topliss-reactive ketones (excluding diaryl/α,β-unsaturated/α-hetero) is 1. The third kappa shape index (κ3) is 3.88. The highest BCUT2D eigenvalue weighted by Crippen LogP contribution is 2.11. The van der Waals surface area contributed by atoms with Gasteiger partial charge in [0, 0.05) is 19.4 Å². The van der Waals surface area contributed by atoms with Crippen LogP contribution in [0.1, 0.15) is 27.3 Å². The molecule has 2 aromatic heterocycles. The van der Waals surface area contributed by atoms with Gasteiger partial charge < -0.3 is 0 Å². The van der Waals surface area contributed by atoms with Crippen molar-refractivity contribution < 1.29 is 9.18 Å². The quantitative estimate of drug-likeness (QED) is 0.681. The fourth-order valence-electron chi connectivity index (χ4n) is 2.39. The van der Waals surface area contributed by atoms with E-state index in [-0.39, 0.29) is 18.0 Å². The lowest BCUT2D eigenvalue weighted by Crippen LogP contribution is -2.07. The standard InChI is InChI=1S/C18H16FN3O/c1-22-8-7-16(21-22)11-18(23)17-6-5-14(12-20-17)9-13-3-2-4-15(19)10-13/h2-8,10,12H,9,11H2,1H3. The molecule has 0 aliphatic heterocycles. The van der Waals surface area contributed by atoms with Crippen LogP contribution in [-0.2, 0) is 19.9 Å². The van der Waals surface area contributed by atoms with E-state index < -0.39 is 0 Å². The number of aromatic nitrogens is 3. The monoisotopic (exact) mass is 309 g/mol. The molecule has 0 fully saturated rings. The van der Waals surface area contributed by atoms with Crippen molar-refractivity contribution in [2.75, 3.05) is 0 Å². The minimum atomic E-state index is -0.252. The molecule has 4 nitrogen and oxygen atoms in total. The molecule has 0 aliphatic carbocycles. The van der Waals surface area contributed by atoms with Gasteiger partial charge in [0.1, 0.15) is 11.5 Å². The minimum absolute atomic E-state index is 0.0685. The lowest BCUT2D eigenvalue weighted by atomic mass is 10.1. The summed E-state index contributed by atoms with van der Waals surface area (Å²) >= 11 is 0. The van der Waals surface area contributed by atoms with E-state index in [1.165, 1.54) is 12.1 Å². The van der Waals surface area contributed by atoms with Gasteiger partial charge in [-0.25, -0.2) is 4.39 Å². The van der Waals surface area contributed by atoms with Crippen molar-refractivity contribution in [3.05, 3.63) is 83.2 Å². The number of hydrogen-bond acceptors (Lipinski definition) is 3. The maximum Gasteiger partial charge on any atom is 0.187 e. The van der Waals surface area contributed by atoms with Gasteiger partial charge in [-0.05, 0) is 41.8 Å². The van der Waals surface area contributed by atoms with Crippen LogP contribution in [0.25, 0.3) is 0 Å². The molecule has 2 heterocycles. The van der Waals surface area contributed by atoms with E-state index in [2.05, 4.69) is 10.1 Å². The molecule has 0 saturated carbocycles. The molecule has 0 spiro atoms. The van der Waals surface area contributed by atoms with Crippen LogP contribution in [-0.4, -0.2) is 20.5 Å². The average Bonchev–Trinajstić information content (AvgIpc) is 2.93. The second-order valence-electron chi connectivity index (χ2n) is 5.44. The molecular weight excluding hydrogens is 293 g/mol. The van der Waals surface area contributed by atoms with E-state index >= 15 is 0 Å². The first-order valence-electron chi connectivity index (χ1n) is 7.31. The van der Waals surface area contributed by atoms with Crippen molar-refractivity contribution in [3.63, 3.8) is 0 Å². The summed E-state index contributed by atoms with van der Waals surface area (Å²) in [4.78, 5) is 16.4. The Morgan fingerprint density at radius 1 is 1.17 bits per heavy atom. The highest BCUT2D eigenvalue weighted by atomic mass is 19.1. The SMILES string of the molecule is Cn1ccc(CC(=O)c2ccc(Cc3cccc(F)c3)cn2)n1. The number of carbonyl (C=O) groups excluding carboxylic acids is 1. The highest BCUT2D eigenvalue weighted by molar-refractivity contribution is 5.95. The summed E-state index contributed by atoms with van der Waals surface area (Å²) in [6.45, 7) is 0. The highest BCUT2D eigenvalue weighted by Gasteiger charge is 2.10. The molecule has 1 aromatic carbocycles. The molecule has 0 radical (unpaired) electrons. The van der Waals surface area contributed by atoms with Gasteiger partial charge in [-0.2, -0.15) is 5.10 Å². The van der Waals surface area contributed by atoms with Crippen molar-refractivity contribution in [1.82, 2.24) is 14.8 Å². The van der Waals surface area contributed by atoms with Crippen LogP contribution >= 0.6 is 0 Å². The predicted octanol–water partition coefficient (Wildman–Crippen LogP) is 2.97. The number of rotatable bonds is 5. The van der Waals surface area contributed by atoms with E-state index in [0.717, 1.165) is 16.8 Å². The molecule has 0 unspecified atom stereocenters. The molecule has 0 N–H and O–H groups in total. The Hall–Kier alpha value is -2.82. The molecule has 116 valence electrons. The Morgan fingerprint density at radius 2 is 2.04 bits per heavy atom. The van der Waals surface area contributed by atoms with Gasteiger partial charge in [0.25, 0.3) is 0 Å². The first kappa shape index (κ1) is 15.1. The maximum atomic E-state index is 13.2. The molecule has 5 heteroatoms. The number of halogens is 1. The zero-order valence-corrected chi connectivity index (χ0v) is 12.7. The molecule has 0 atom stereocenters. The maximum absolute atomic E-state index is 13.2. The molecule has 0 bridgehead atoms. The first-order valence-corrected chi connectivity index (χ1v) is 7.31. The first-order chi connectivity index (χ1) is 11.1. The Labute approximate surface area is 133 Å². The van der Waals surface area contributed by atoms with E-state index in [9.17, 15) is 9.18 Å². The minimum Gasteiger partial charge on any atom is -0.292 e. The van der Waals surface area contributed by atoms with Crippen LogP contribution in [0.15, 0.2) is 54.9 Å². The Morgan fingerprint density at radius 3 is 2.70 bits per heavy atom. The summed E-state index contributed by atoms with van der Waals surface area (Å²) in [5.74, 6) is -0.321. The van der Waals surface area contributed by atoms with Gasteiger partial charge in [-0.3, -0.25) is 14.5 Å². The lowest BCUT2D eigenvalue weighted by Gasteiger charge is -2.03. The summed E-state index contributed by atoms with van der Waals surface area (Å²) in [7, 11) is 1.81. The summed E-state index contributed by atoms with van der Waals surface area (Å²) in [6, 6.07) is 11.8. The largest absolute Gasteiger partial charge is 0.292 e. The summed E-state index contributed by atoms with van der Waals surface area (Å²) in [6.07, 6.45) is 4.28. The van der Waals surface area contributed by atoms with Crippen LogP contribution in [0.4, 0.5) is 4.39 Å². The number of nitrogens with zero attached hydrogens (tertiary/aromatic N) is 3. The summed E-state index contributed by atoms with van der Waals surface area (Å²) in [5.41, 5.74) is 2.95. The second-order valence-corrected chi connectivity index (χ2v) is 5.44. The smallest absolute Gasteiger partial charge is 0.187 e. The normalized spacial score (nSPS) is 10.7. The van der Waals surface area contributed by atoms with Gasteiger partial charge in [0.2, 0.25) is 0 Å². The topological polar surface area (TPSA) is 47.8 Å². The van der Waals surface area contributed by atoms with Gasteiger partial charge in [0.15, 0.2) is 5.78 Å². The zero-order valence-electron chi connectivity index (χ0n) is 12.7. The van der Waals surface area contributed by atoms with E-state index in [1.807, 2.05) is 25.2 Å². The number of pyridine rings is 1. The van der Waals surface area contributed by atoms with Crippen LogP contribution in [0.2, 0.25) is 0 Å². The van der Waals surface area contributed by atoms with Crippen LogP contribution < -0.4 is 0 Å². The summed E-state index contributed by atoms with van der Waals surface area (Å²) in [5, 5.41) is 4.19. The van der Waals surface area contributed by atoms with Crippen molar-refractivity contribution in [2.45, 2.75) is 12.8 Å². The predicted molar refractivity (Wildman–Crippen MR) is 84.7 cm³/mol. The molecule has 0 aliphatic rings. The van der Waals surface area contributed by atoms with E-state index in [4.69, 9.17) is 0 Å². The number of benzene rings is 1. The number of ketones is 1. The van der Waals surface area contributed by atoms with Crippen molar-refractivity contribution in [2.24, 2.45) is 7.05 Å². The number of aryl methyl sites for hydroxylation is 1. The Balaban J connectivity index is 1.68.